The summed E-state index contributed by atoms with van der Waals surface area (Å²) in [5.74, 6) is 1.06. The monoisotopic (exact) mass is 470 g/mol. The number of halogens is 1. The quantitative estimate of drug-likeness (QED) is 0.273. The summed E-state index contributed by atoms with van der Waals surface area (Å²) in [6.45, 7) is 0. The number of esters is 2. The van der Waals surface area contributed by atoms with E-state index in [0.29, 0.717) is 45.0 Å². The second-order valence-corrected chi connectivity index (χ2v) is 6.70. The van der Waals surface area contributed by atoms with Gasteiger partial charge in [-0.25, -0.2) is 9.59 Å². The van der Waals surface area contributed by atoms with Crippen LogP contribution in [0.5, 0.6) is 23.0 Å². The van der Waals surface area contributed by atoms with Crippen LogP contribution in [0.4, 0.5) is 0 Å². The molecule has 0 radical (unpaired) electrons. The SMILES string of the molecule is COc1ccc(OC(=O)c2ccc(C(=O)Oc3ccc(OC)cc3)c(CBr)c2)cc1. The molecule has 0 spiro atoms. The van der Waals surface area contributed by atoms with E-state index in [2.05, 4.69) is 15.9 Å². The lowest BCUT2D eigenvalue weighted by molar-refractivity contribution is 0.0719. The molecule has 0 saturated heterocycles. The summed E-state index contributed by atoms with van der Waals surface area (Å²) in [5.41, 5.74) is 1.28. The molecule has 0 heterocycles. The van der Waals surface area contributed by atoms with Crippen molar-refractivity contribution in [2.24, 2.45) is 0 Å². The van der Waals surface area contributed by atoms with Crippen LogP contribution in [0.3, 0.4) is 0 Å². The number of hydrogen-bond acceptors (Lipinski definition) is 6. The lowest BCUT2D eigenvalue weighted by Gasteiger charge is -2.10. The first kappa shape index (κ1) is 21.4. The van der Waals surface area contributed by atoms with Gasteiger partial charge >= 0.3 is 11.9 Å². The molecule has 154 valence electrons. The number of methoxy groups -OCH3 is 2. The maximum atomic E-state index is 12.6. The third kappa shape index (κ3) is 5.18. The fraction of sp³-hybridized carbons (Fsp3) is 0.130. The van der Waals surface area contributed by atoms with Gasteiger partial charge < -0.3 is 18.9 Å². The highest BCUT2D eigenvalue weighted by atomic mass is 79.9. The van der Waals surface area contributed by atoms with Crippen molar-refractivity contribution in [1.29, 1.82) is 0 Å². The fourth-order valence-electron chi connectivity index (χ4n) is 2.65. The molecule has 0 unspecified atom stereocenters. The van der Waals surface area contributed by atoms with E-state index in [1.807, 2.05) is 0 Å². The first-order valence-electron chi connectivity index (χ1n) is 8.95. The minimum Gasteiger partial charge on any atom is -0.497 e. The number of ether oxygens (including phenoxy) is 4. The minimum atomic E-state index is -0.530. The highest BCUT2D eigenvalue weighted by Crippen LogP contribution is 2.23. The summed E-state index contributed by atoms with van der Waals surface area (Å²) in [5, 5.41) is 0.365. The second-order valence-electron chi connectivity index (χ2n) is 6.14. The number of rotatable bonds is 7. The normalized spacial score (nSPS) is 10.2. The average Bonchev–Trinajstić information content (AvgIpc) is 2.79. The highest BCUT2D eigenvalue weighted by molar-refractivity contribution is 9.08. The number of benzene rings is 3. The van der Waals surface area contributed by atoms with E-state index in [4.69, 9.17) is 18.9 Å². The van der Waals surface area contributed by atoms with E-state index in [0.717, 1.165) is 0 Å². The zero-order valence-corrected chi connectivity index (χ0v) is 18.0. The van der Waals surface area contributed by atoms with Crippen LogP contribution < -0.4 is 18.9 Å². The Kier molecular flexibility index (Phi) is 7.08. The van der Waals surface area contributed by atoms with E-state index in [1.54, 1.807) is 74.9 Å². The summed E-state index contributed by atoms with van der Waals surface area (Å²) >= 11 is 3.36. The molecule has 3 aromatic rings. The number of alkyl halides is 1. The van der Waals surface area contributed by atoms with Crippen LogP contribution in [0.15, 0.2) is 66.7 Å². The molecule has 0 amide bonds. The van der Waals surface area contributed by atoms with Gasteiger partial charge in [-0.2, -0.15) is 0 Å². The Labute approximate surface area is 182 Å². The lowest BCUT2D eigenvalue weighted by atomic mass is 10.1. The van der Waals surface area contributed by atoms with Crippen LogP contribution in [0.25, 0.3) is 0 Å². The number of carbonyl (C=O) groups is 2. The maximum Gasteiger partial charge on any atom is 0.343 e. The van der Waals surface area contributed by atoms with Crippen LogP contribution in [-0.4, -0.2) is 26.2 Å². The van der Waals surface area contributed by atoms with Crippen molar-refractivity contribution in [3.8, 4) is 23.0 Å². The van der Waals surface area contributed by atoms with Gasteiger partial charge in [-0.1, -0.05) is 15.9 Å². The van der Waals surface area contributed by atoms with Gasteiger partial charge in [0.25, 0.3) is 0 Å². The number of carbonyl (C=O) groups excluding carboxylic acids is 2. The number of hydrogen-bond donors (Lipinski definition) is 0. The molecule has 7 heteroatoms. The Hall–Kier alpha value is -3.32. The molecule has 0 N–H and O–H groups in total. The molecule has 6 nitrogen and oxygen atoms in total. The van der Waals surface area contributed by atoms with Gasteiger partial charge in [0.1, 0.15) is 23.0 Å². The van der Waals surface area contributed by atoms with E-state index < -0.39 is 11.9 Å². The lowest BCUT2D eigenvalue weighted by Crippen LogP contribution is -2.14. The minimum absolute atomic E-state index is 0.321. The molecule has 0 atom stereocenters. The van der Waals surface area contributed by atoms with Crippen molar-refractivity contribution < 1.29 is 28.5 Å². The standard InChI is InChI=1S/C23H19BrO6/c1-27-17-4-8-19(9-5-17)29-22(25)15-3-12-21(16(13-15)14-24)23(26)30-20-10-6-18(28-2)7-11-20/h3-13H,14H2,1-2H3. The summed E-state index contributed by atoms with van der Waals surface area (Å²) in [7, 11) is 3.12. The first-order chi connectivity index (χ1) is 14.5. The summed E-state index contributed by atoms with van der Waals surface area (Å²) in [4.78, 5) is 25.1. The molecule has 0 aromatic heterocycles. The molecule has 0 aliphatic rings. The summed E-state index contributed by atoms with van der Waals surface area (Å²) < 4.78 is 21.0. The third-order valence-corrected chi connectivity index (χ3v) is 4.85. The molecular weight excluding hydrogens is 452 g/mol. The van der Waals surface area contributed by atoms with Gasteiger partial charge in [0.2, 0.25) is 0 Å². The van der Waals surface area contributed by atoms with Gasteiger partial charge in [0, 0.05) is 5.33 Å². The van der Waals surface area contributed by atoms with E-state index in [9.17, 15) is 9.59 Å². The Morgan fingerprint density at radius 1 is 0.700 bits per heavy atom. The largest absolute Gasteiger partial charge is 0.497 e. The molecule has 3 rings (SSSR count). The predicted octanol–water partition coefficient (Wildman–Crippen LogP) is 5.04. The molecule has 3 aromatic carbocycles. The van der Waals surface area contributed by atoms with Gasteiger partial charge in [0.05, 0.1) is 25.3 Å². The van der Waals surface area contributed by atoms with Crippen LogP contribution in [-0.2, 0) is 5.33 Å². The molecule has 0 fully saturated rings. The van der Waals surface area contributed by atoms with Crippen LogP contribution in [0.2, 0.25) is 0 Å². The van der Waals surface area contributed by atoms with Crippen molar-refractivity contribution in [3.63, 3.8) is 0 Å². The van der Waals surface area contributed by atoms with Crippen LogP contribution in [0.1, 0.15) is 26.3 Å². The summed E-state index contributed by atoms with van der Waals surface area (Å²) in [6.07, 6.45) is 0. The topological polar surface area (TPSA) is 71.1 Å². The van der Waals surface area contributed by atoms with Crippen LogP contribution in [0, 0.1) is 0 Å². The van der Waals surface area contributed by atoms with E-state index in [-0.39, 0.29) is 0 Å². The Balaban J connectivity index is 1.74. The summed E-state index contributed by atoms with van der Waals surface area (Å²) in [6, 6.07) is 18.1. The Bertz CT molecular complexity index is 1030. The maximum absolute atomic E-state index is 12.6. The van der Waals surface area contributed by atoms with Crippen molar-refractivity contribution in [2.45, 2.75) is 5.33 Å². The van der Waals surface area contributed by atoms with Gasteiger partial charge in [-0.3, -0.25) is 0 Å². The second kappa shape index (κ2) is 9.93. The molecule has 0 bridgehead atoms. The third-order valence-electron chi connectivity index (χ3n) is 4.24. The molecule has 0 saturated carbocycles. The van der Waals surface area contributed by atoms with E-state index >= 15 is 0 Å². The molecule has 30 heavy (non-hydrogen) atoms. The van der Waals surface area contributed by atoms with Gasteiger partial charge in [-0.15, -0.1) is 0 Å². The predicted molar refractivity (Wildman–Crippen MR) is 115 cm³/mol. The van der Waals surface area contributed by atoms with Gasteiger partial charge in [0.15, 0.2) is 0 Å². The van der Waals surface area contributed by atoms with Crippen molar-refractivity contribution >= 4 is 27.9 Å². The Morgan fingerprint density at radius 2 is 1.17 bits per heavy atom. The zero-order valence-electron chi connectivity index (χ0n) is 16.4. The van der Waals surface area contributed by atoms with Crippen molar-refractivity contribution in [1.82, 2.24) is 0 Å². The van der Waals surface area contributed by atoms with Gasteiger partial charge in [-0.05, 0) is 72.3 Å². The molecule has 0 aliphatic carbocycles. The zero-order chi connectivity index (χ0) is 21.5. The molecule has 0 aliphatic heterocycles. The van der Waals surface area contributed by atoms with Crippen molar-refractivity contribution in [3.05, 3.63) is 83.4 Å². The molecular formula is C23H19BrO6. The smallest absolute Gasteiger partial charge is 0.343 e. The Morgan fingerprint density at radius 3 is 1.63 bits per heavy atom. The van der Waals surface area contributed by atoms with E-state index in [1.165, 1.54) is 6.07 Å². The first-order valence-corrected chi connectivity index (χ1v) is 10.1. The van der Waals surface area contributed by atoms with Crippen LogP contribution >= 0.6 is 15.9 Å². The highest BCUT2D eigenvalue weighted by Gasteiger charge is 2.17. The van der Waals surface area contributed by atoms with Crippen molar-refractivity contribution in [2.75, 3.05) is 14.2 Å². The average molecular weight is 471 g/mol. The fourth-order valence-corrected chi connectivity index (χ4v) is 3.11.